The van der Waals surface area contributed by atoms with Gasteiger partial charge in [-0.05, 0) is 25.8 Å². The molecule has 0 bridgehead atoms. The van der Waals surface area contributed by atoms with Crippen molar-refractivity contribution in [2.45, 2.75) is 27.2 Å². The number of hydrogen-bond donors (Lipinski definition) is 1. The minimum atomic E-state index is 0.837. The van der Waals surface area contributed by atoms with Crippen molar-refractivity contribution in [1.82, 2.24) is 5.32 Å². The summed E-state index contributed by atoms with van der Waals surface area (Å²) in [6.45, 7) is 10.6. The Kier molecular flexibility index (Phi) is 8.99. The molecule has 0 spiro atoms. The second-order valence-electron chi connectivity index (χ2n) is 3.39. The van der Waals surface area contributed by atoms with Gasteiger partial charge in [-0.1, -0.05) is 37.8 Å². The van der Waals surface area contributed by atoms with Gasteiger partial charge < -0.3 is 5.32 Å². The van der Waals surface area contributed by atoms with Gasteiger partial charge in [0.05, 0.1) is 0 Å². The molecule has 0 atom stereocenters. The molecule has 0 rings (SSSR count). The number of rotatable bonds is 7. The molecular formula is C14H22N2. The first-order valence-corrected chi connectivity index (χ1v) is 5.61. The average molecular weight is 218 g/mol. The quantitative estimate of drug-likeness (QED) is 0.512. The molecule has 0 aliphatic heterocycles. The van der Waals surface area contributed by atoms with Crippen LogP contribution in [0.15, 0.2) is 53.3 Å². The predicted octanol–water partition coefficient (Wildman–Crippen LogP) is 3.61. The van der Waals surface area contributed by atoms with Gasteiger partial charge in [0.25, 0.3) is 0 Å². The smallest absolute Gasteiger partial charge is 0.0454 e. The lowest BCUT2D eigenvalue weighted by atomic mass is 10.2. The van der Waals surface area contributed by atoms with E-state index in [0.29, 0.717) is 0 Å². The standard InChI is InChI=1S/C14H22N2/c1-5-8-14(9-6-2)12-16-13(4)11-15-10-7-3/h5,7-11,16H,3,6,12H2,1-2,4H3/b8-5-,13-11+,14-9+,15-10-. The molecule has 0 fully saturated rings. The number of allylic oxidation sites excluding steroid dienone is 4. The largest absolute Gasteiger partial charge is 0.383 e. The van der Waals surface area contributed by atoms with Crippen LogP contribution in [0.1, 0.15) is 27.2 Å². The van der Waals surface area contributed by atoms with E-state index in [4.69, 9.17) is 0 Å². The Labute approximate surface area is 99.2 Å². The maximum Gasteiger partial charge on any atom is 0.0454 e. The molecule has 0 saturated carbocycles. The highest BCUT2D eigenvalue weighted by molar-refractivity contribution is 5.70. The van der Waals surface area contributed by atoms with Crippen LogP contribution in [0.25, 0.3) is 0 Å². The maximum absolute atomic E-state index is 4.05. The van der Waals surface area contributed by atoms with Crippen LogP contribution in [0.3, 0.4) is 0 Å². The summed E-state index contributed by atoms with van der Waals surface area (Å²) in [6.07, 6.45) is 12.6. The molecule has 88 valence electrons. The van der Waals surface area contributed by atoms with E-state index in [9.17, 15) is 0 Å². The van der Waals surface area contributed by atoms with Crippen LogP contribution in [0, 0.1) is 0 Å². The van der Waals surface area contributed by atoms with Gasteiger partial charge in [0, 0.05) is 24.7 Å². The predicted molar refractivity (Wildman–Crippen MR) is 73.6 cm³/mol. The van der Waals surface area contributed by atoms with E-state index < -0.39 is 0 Å². The maximum atomic E-state index is 4.05. The van der Waals surface area contributed by atoms with E-state index in [1.165, 1.54) is 5.57 Å². The Bertz CT molecular complexity index is 307. The van der Waals surface area contributed by atoms with Crippen LogP contribution < -0.4 is 5.32 Å². The topological polar surface area (TPSA) is 24.4 Å². The highest BCUT2D eigenvalue weighted by Crippen LogP contribution is 1.99. The van der Waals surface area contributed by atoms with Crippen molar-refractivity contribution in [3.8, 4) is 0 Å². The van der Waals surface area contributed by atoms with E-state index in [1.54, 1.807) is 18.5 Å². The fourth-order valence-corrected chi connectivity index (χ4v) is 1.18. The first kappa shape index (κ1) is 14.4. The summed E-state index contributed by atoms with van der Waals surface area (Å²) in [5.41, 5.74) is 2.34. The summed E-state index contributed by atoms with van der Waals surface area (Å²) in [5, 5.41) is 3.30. The van der Waals surface area contributed by atoms with Crippen LogP contribution in [0.2, 0.25) is 0 Å². The number of nitrogens with one attached hydrogen (secondary N) is 1. The molecular weight excluding hydrogens is 196 g/mol. The molecule has 0 saturated heterocycles. The molecule has 16 heavy (non-hydrogen) atoms. The molecule has 0 heterocycles. The molecule has 0 aromatic carbocycles. The Morgan fingerprint density at radius 3 is 2.75 bits per heavy atom. The molecule has 0 unspecified atom stereocenters. The van der Waals surface area contributed by atoms with E-state index in [-0.39, 0.29) is 0 Å². The zero-order valence-corrected chi connectivity index (χ0v) is 10.5. The third-order valence-electron chi connectivity index (χ3n) is 1.88. The van der Waals surface area contributed by atoms with Crippen LogP contribution in [-0.4, -0.2) is 12.8 Å². The summed E-state index contributed by atoms with van der Waals surface area (Å²) >= 11 is 0. The molecule has 0 aliphatic carbocycles. The van der Waals surface area contributed by atoms with Crippen molar-refractivity contribution < 1.29 is 0 Å². The van der Waals surface area contributed by atoms with Crippen molar-refractivity contribution in [3.05, 3.63) is 48.4 Å². The molecule has 2 heteroatoms. The molecule has 0 aliphatic rings. The highest BCUT2D eigenvalue weighted by atomic mass is 14.9. The molecule has 0 aromatic rings. The second kappa shape index (κ2) is 9.97. The molecule has 2 nitrogen and oxygen atoms in total. The van der Waals surface area contributed by atoms with E-state index in [0.717, 1.165) is 18.7 Å². The Balaban J connectivity index is 4.20. The van der Waals surface area contributed by atoms with Gasteiger partial charge in [-0.3, -0.25) is 4.99 Å². The fourth-order valence-electron chi connectivity index (χ4n) is 1.18. The Hall–Kier alpha value is -1.57. The molecule has 0 aromatic heterocycles. The van der Waals surface area contributed by atoms with Crippen molar-refractivity contribution in [1.29, 1.82) is 0 Å². The van der Waals surface area contributed by atoms with Crippen molar-refractivity contribution >= 4 is 6.21 Å². The average Bonchev–Trinajstić information content (AvgIpc) is 2.27. The van der Waals surface area contributed by atoms with Crippen LogP contribution in [0.5, 0.6) is 0 Å². The van der Waals surface area contributed by atoms with E-state index >= 15 is 0 Å². The van der Waals surface area contributed by atoms with Gasteiger partial charge in [-0.2, -0.15) is 0 Å². The van der Waals surface area contributed by atoms with Gasteiger partial charge in [-0.25, -0.2) is 0 Å². The van der Waals surface area contributed by atoms with Gasteiger partial charge in [0.2, 0.25) is 0 Å². The third-order valence-corrected chi connectivity index (χ3v) is 1.88. The van der Waals surface area contributed by atoms with Gasteiger partial charge >= 0.3 is 0 Å². The third kappa shape index (κ3) is 7.80. The second-order valence-corrected chi connectivity index (χ2v) is 3.39. The van der Waals surface area contributed by atoms with Gasteiger partial charge in [0.1, 0.15) is 0 Å². The van der Waals surface area contributed by atoms with Crippen molar-refractivity contribution in [3.63, 3.8) is 0 Å². The van der Waals surface area contributed by atoms with E-state index in [1.807, 2.05) is 13.8 Å². The van der Waals surface area contributed by atoms with E-state index in [2.05, 4.69) is 42.0 Å². The van der Waals surface area contributed by atoms with Crippen molar-refractivity contribution in [2.24, 2.45) is 4.99 Å². The fraction of sp³-hybridized carbons (Fsp3) is 0.357. The zero-order chi connectivity index (χ0) is 12.2. The van der Waals surface area contributed by atoms with Crippen LogP contribution in [0.4, 0.5) is 0 Å². The van der Waals surface area contributed by atoms with Crippen LogP contribution in [-0.2, 0) is 0 Å². The lowest BCUT2D eigenvalue weighted by Crippen LogP contribution is -2.13. The minimum Gasteiger partial charge on any atom is -0.383 e. The first-order chi connectivity index (χ1) is 7.74. The summed E-state index contributed by atoms with van der Waals surface area (Å²) in [5.74, 6) is 0. The normalized spacial score (nSPS) is 13.7. The number of nitrogens with zero attached hydrogens (tertiary/aromatic N) is 1. The van der Waals surface area contributed by atoms with Gasteiger partial charge in [0.15, 0.2) is 0 Å². The first-order valence-electron chi connectivity index (χ1n) is 5.61. The summed E-state index contributed by atoms with van der Waals surface area (Å²) in [4.78, 5) is 4.05. The molecule has 0 amide bonds. The number of aliphatic imine (C=N–C) groups is 1. The summed E-state index contributed by atoms with van der Waals surface area (Å²) in [6, 6.07) is 0. The van der Waals surface area contributed by atoms with Crippen molar-refractivity contribution in [2.75, 3.05) is 6.54 Å². The van der Waals surface area contributed by atoms with Crippen LogP contribution >= 0.6 is 0 Å². The summed E-state index contributed by atoms with van der Waals surface area (Å²) < 4.78 is 0. The molecule has 0 radical (unpaired) electrons. The minimum absolute atomic E-state index is 0.837. The summed E-state index contributed by atoms with van der Waals surface area (Å²) in [7, 11) is 0. The Morgan fingerprint density at radius 2 is 2.19 bits per heavy atom. The Morgan fingerprint density at radius 1 is 1.44 bits per heavy atom. The number of hydrogen-bond acceptors (Lipinski definition) is 2. The van der Waals surface area contributed by atoms with Gasteiger partial charge in [-0.15, -0.1) is 0 Å². The highest BCUT2D eigenvalue weighted by Gasteiger charge is 1.91. The SMILES string of the molecule is C=C/C=N\C=C(/C)NCC(/C=C\C)=C/CC. The monoisotopic (exact) mass is 218 g/mol. The zero-order valence-electron chi connectivity index (χ0n) is 10.5. The lowest BCUT2D eigenvalue weighted by Gasteiger charge is -2.06. The molecule has 1 N–H and O–H groups in total. The lowest BCUT2D eigenvalue weighted by molar-refractivity contribution is 0.873.